The molecule has 1 atom stereocenters. The van der Waals surface area contributed by atoms with Gasteiger partial charge in [0, 0.05) is 17.2 Å². The van der Waals surface area contributed by atoms with Crippen molar-refractivity contribution in [3.63, 3.8) is 0 Å². The first kappa shape index (κ1) is 13.2. The Labute approximate surface area is 102 Å². The highest BCUT2D eigenvalue weighted by molar-refractivity contribution is 6.31. The Morgan fingerprint density at radius 3 is 2.62 bits per heavy atom. The molecule has 1 unspecified atom stereocenters. The van der Waals surface area contributed by atoms with Gasteiger partial charge in [-0.3, -0.25) is 4.79 Å². The molecule has 0 amide bonds. The Hall–Kier alpha value is -0.860. The predicted molar refractivity (Wildman–Crippen MR) is 66.0 cm³/mol. The van der Waals surface area contributed by atoms with Crippen LogP contribution in [0.1, 0.15) is 31.1 Å². The molecule has 0 aliphatic rings. The first-order valence-corrected chi connectivity index (χ1v) is 5.85. The average molecular weight is 241 g/mol. The van der Waals surface area contributed by atoms with Crippen LogP contribution in [0.25, 0.3) is 0 Å². The third-order valence-corrected chi connectivity index (χ3v) is 2.55. The molecule has 0 aliphatic carbocycles. The molecule has 0 radical (unpaired) electrons. The van der Waals surface area contributed by atoms with E-state index in [9.17, 15) is 4.79 Å². The molecule has 0 fully saturated rings. The molecule has 0 bridgehead atoms. The minimum Gasteiger partial charge on any atom is -0.370 e. The van der Waals surface area contributed by atoms with Crippen molar-refractivity contribution in [3.05, 3.63) is 34.9 Å². The van der Waals surface area contributed by atoms with E-state index >= 15 is 0 Å². The molecule has 2 nitrogen and oxygen atoms in total. The normalized spacial score (nSPS) is 12.8. The molecule has 3 heteroatoms. The summed E-state index contributed by atoms with van der Waals surface area (Å²) >= 11 is 5.86. The molecule has 16 heavy (non-hydrogen) atoms. The van der Waals surface area contributed by atoms with Gasteiger partial charge in [0.15, 0.2) is 5.78 Å². The molecule has 0 N–H and O–H groups in total. The van der Waals surface area contributed by atoms with E-state index in [4.69, 9.17) is 16.3 Å². The summed E-state index contributed by atoms with van der Waals surface area (Å²) in [7, 11) is 0. The van der Waals surface area contributed by atoms with Crippen LogP contribution in [0.3, 0.4) is 0 Å². The molecule has 1 rings (SSSR count). The monoisotopic (exact) mass is 240 g/mol. The van der Waals surface area contributed by atoms with Gasteiger partial charge in [-0.05, 0) is 25.0 Å². The zero-order valence-corrected chi connectivity index (χ0v) is 10.6. The summed E-state index contributed by atoms with van der Waals surface area (Å²) in [4.78, 5) is 12.1. The number of ketones is 1. The van der Waals surface area contributed by atoms with Crippen molar-refractivity contribution >= 4 is 17.4 Å². The van der Waals surface area contributed by atoms with E-state index in [1.807, 2.05) is 20.8 Å². The maximum absolute atomic E-state index is 12.1. The van der Waals surface area contributed by atoms with Gasteiger partial charge in [-0.1, -0.05) is 37.6 Å². The van der Waals surface area contributed by atoms with Crippen LogP contribution in [-0.4, -0.2) is 18.5 Å². The van der Waals surface area contributed by atoms with E-state index in [0.717, 1.165) is 0 Å². The fraction of sp³-hybridized carbons (Fsp3) is 0.462. The first-order chi connectivity index (χ1) is 7.56. The molecule has 0 saturated heterocycles. The molecule has 0 aliphatic heterocycles. The number of rotatable bonds is 5. The lowest BCUT2D eigenvalue weighted by Gasteiger charge is -2.19. The molecule has 0 aromatic heterocycles. The quantitative estimate of drug-likeness (QED) is 0.736. The smallest absolute Gasteiger partial charge is 0.191 e. The van der Waals surface area contributed by atoms with Crippen molar-refractivity contribution in [1.82, 2.24) is 0 Å². The van der Waals surface area contributed by atoms with Gasteiger partial charge in [0.05, 0.1) is 0 Å². The van der Waals surface area contributed by atoms with Gasteiger partial charge in [0.2, 0.25) is 0 Å². The molecule has 1 aromatic rings. The number of ether oxygens (including phenoxy) is 1. The Morgan fingerprint density at radius 2 is 2.12 bits per heavy atom. The van der Waals surface area contributed by atoms with Crippen LogP contribution >= 0.6 is 11.6 Å². The minimum absolute atomic E-state index is 0.000602. The fourth-order valence-corrected chi connectivity index (χ4v) is 1.75. The van der Waals surface area contributed by atoms with E-state index in [0.29, 0.717) is 17.2 Å². The molecule has 0 saturated carbocycles. The van der Waals surface area contributed by atoms with Gasteiger partial charge in [-0.2, -0.15) is 0 Å². The number of Topliss-reactive ketones (excluding diaryl/α,β-unsaturated/α-hetero) is 1. The predicted octanol–water partition coefficient (Wildman–Crippen LogP) is 3.58. The van der Waals surface area contributed by atoms with Crippen LogP contribution < -0.4 is 0 Å². The van der Waals surface area contributed by atoms with Gasteiger partial charge >= 0.3 is 0 Å². The second kappa shape index (κ2) is 6.02. The average Bonchev–Trinajstić information content (AvgIpc) is 2.24. The lowest BCUT2D eigenvalue weighted by Crippen LogP contribution is -2.29. The topological polar surface area (TPSA) is 26.3 Å². The second-order valence-corrected chi connectivity index (χ2v) is 4.43. The SMILES string of the molecule is CCOC(C(=O)c1cccc(Cl)c1)C(C)C. The highest BCUT2D eigenvalue weighted by atomic mass is 35.5. The molecule has 0 heterocycles. The van der Waals surface area contributed by atoms with Crippen molar-refractivity contribution in [2.45, 2.75) is 26.9 Å². The number of carbonyl (C=O) groups excluding carboxylic acids is 1. The van der Waals surface area contributed by atoms with Crippen molar-refractivity contribution in [3.8, 4) is 0 Å². The molecular formula is C13H17ClO2. The Morgan fingerprint density at radius 1 is 1.44 bits per heavy atom. The number of hydrogen-bond donors (Lipinski definition) is 0. The number of carbonyl (C=O) groups is 1. The lowest BCUT2D eigenvalue weighted by atomic mass is 9.97. The van der Waals surface area contributed by atoms with E-state index in [1.54, 1.807) is 24.3 Å². The third-order valence-electron chi connectivity index (χ3n) is 2.32. The van der Waals surface area contributed by atoms with Gasteiger partial charge in [-0.25, -0.2) is 0 Å². The van der Waals surface area contributed by atoms with Crippen LogP contribution in [0, 0.1) is 5.92 Å². The molecular weight excluding hydrogens is 224 g/mol. The van der Waals surface area contributed by atoms with E-state index in [1.165, 1.54) is 0 Å². The summed E-state index contributed by atoms with van der Waals surface area (Å²) in [5.74, 6) is 0.158. The van der Waals surface area contributed by atoms with Crippen LogP contribution in [0.4, 0.5) is 0 Å². The van der Waals surface area contributed by atoms with E-state index in [-0.39, 0.29) is 17.8 Å². The van der Waals surface area contributed by atoms with Gasteiger partial charge in [-0.15, -0.1) is 0 Å². The maximum Gasteiger partial charge on any atom is 0.191 e. The number of benzene rings is 1. The minimum atomic E-state index is -0.386. The number of halogens is 1. The summed E-state index contributed by atoms with van der Waals surface area (Å²) in [5.41, 5.74) is 0.611. The second-order valence-electron chi connectivity index (χ2n) is 3.99. The largest absolute Gasteiger partial charge is 0.370 e. The Balaban J connectivity index is 2.90. The van der Waals surface area contributed by atoms with Crippen molar-refractivity contribution in [2.24, 2.45) is 5.92 Å². The van der Waals surface area contributed by atoms with Crippen molar-refractivity contribution in [1.29, 1.82) is 0 Å². The van der Waals surface area contributed by atoms with Crippen molar-refractivity contribution in [2.75, 3.05) is 6.61 Å². The summed E-state index contributed by atoms with van der Waals surface area (Å²) in [6.07, 6.45) is -0.386. The fourth-order valence-electron chi connectivity index (χ4n) is 1.56. The van der Waals surface area contributed by atoms with Crippen molar-refractivity contribution < 1.29 is 9.53 Å². The number of hydrogen-bond acceptors (Lipinski definition) is 2. The third kappa shape index (κ3) is 3.32. The summed E-state index contributed by atoms with van der Waals surface area (Å²) in [5, 5.41) is 0.574. The summed E-state index contributed by atoms with van der Waals surface area (Å²) < 4.78 is 5.47. The van der Waals surface area contributed by atoms with Gasteiger partial charge in [0.1, 0.15) is 6.10 Å². The zero-order chi connectivity index (χ0) is 12.1. The Bertz CT molecular complexity index is 361. The first-order valence-electron chi connectivity index (χ1n) is 5.47. The highest BCUT2D eigenvalue weighted by Crippen LogP contribution is 2.17. The molecule has 88 valence electrons. The lowest BCUT2D eigenvalue weighted by molar-refractivity contribution is 0.0280. The van der Waals surface area contributed by atoms with Crippen LogP contribution in [0.15, 0.2) is 24.3 Å². The summed E-state index contributed by atoms with van der Waals surface area (Å²) in [6.45, 7) is 6.38. The van der Waals surface area contributed by atoms with E-state index < -0.39 is 0 Å². The Kier molecular flexibility index (Phi) is 4.97. The summed E-state index contributed by atoms with van der Waals surface area (Å²) in [6, 6.07) is 6.98. The van der Waals surface area contributed by atoms with Crippen LogP contribution in [0.5, 0.6) is 0 Å². The standard InChI is InChI=1S/C13H17ClO2/c1-4-16-13(9(2)3)12(15)10-6-5-7-11(14)8-10/h5-9,13H,4H2,1-3H3. The zero-order valence-electron chi connectivity index (χ0n) is 9.87. The van der Waals surface area contributed by atoms with Gasteiger partial charge < -0.3 is 4.74 Å². The maximum atomic E-state index is 12.1. The molecule has 1 aromatic carbocycles. The highest BCUT2D eigenvalue weighted by Gasteiger charge is 2.23. The van der Waals surface area contributed by atoms with E-state index in [2.05, 4.69) is 0 Å². The molecule has 0 spiro atoms. The van der Waals surface area contributed by atoms with Crippen LogP contribution in [0.2, 0.25) is 5.02 Å². The van der Waals surface area contributed by atoms with Crippen LogP contribution in [-0.2, 0) is 4.74 Å². The van der Waals surface area contributed by atoms with Gasteiger partial charge in [0.25, 0.3) is 0 Å².